The summed E-state index contributed by atoms with van der Waals surface area (Å²) in [6, 6.07) is 0. The first-order valence-corrected chi connectivity index (χ1v) is 18.0. The Kier molecular flexibility index (Phi) is 10.9. The number of ether oxygens (including phenoxy) is 1. The van der Waals surface area contributed by atoms with Crippen LogP contribution >= 0.6 is 12.6 Å². The van der Waals surface area contributed by atoms with Crippen molar-refractivity contribution < 1.29 is 9.53 Å². The second kappa shape index (κ2) is 13.5. The molecule has 0 radical (unpaired) electrons. The lowest BCUT2D eigenvalue weighted by molar-refractivity contribution is -0.140. The van der Waals surface area contributed by atoms with E-state index in [1.54, 1.807) is 6.92 Å². The van der Waals surface area contributed by atoms with E-state index in [2.05, 4.69) is 60.8 Å². The van der Waals surface area contributed by atoms with Crippen LogP contribution in [0.4, 0.5) is 0 Å². The number of hydrogen-bond donors (Lipinski definition) is 1. The quantitative estimate of drug-likeness (QED) is 0.143. The van der Waals surface area contributed by atoms with Crippen molar-refractivity contribution in [3.05, 3.63) is 12.2 Å². The van der Waals surface area contributed by atoms with Crippen LogP contribution in [0.25, 0.3) is 0 Å². The lowest BCUT2D eigenvalue weighted by Gasteiger charge is -2.61. The van der Waals surface area contributed by atoms with Gasteiger partial charge < -0.3 is 4.74 Å². The summed E-state index contributed by atoms with van der Waals surface area (Å²) in [5.41, 5.74) is 1.65. The molecular weight excluding hydrogens is 508 g/mol. The highest BCUT2D eigenvalue weighted by molar-refractivity contribution is 7.80. The Morgan fingerprint density at radius 2 is 1.62 bits per heavy atom. The Morgan fingerprint density at radius 1 is 0.925 bits per heavy atom. The van der Waals surface area contributed by atoms with Gasteiger partial charge in [-0.1, -0.05) is 67.4 Å². The van der Waals surface area contributed by atoms with Crippen molar-refractivity contribution in [1.82, 2.24) is 0 Å². The molecule has 0 heterocycles. The maximum atomic E-state index is 11.8. The summed E-state index contributed by atoms with van der Waals surface area (Å²) >= 11 is 4.58. The number of rotatable bonds is 12. The Bertz CT molecular complexity index is 866. The highest BCUT2D eigenvalue weighted by Gasteiger charge is 2.60. The molecule has 230 valence electrons. The Hall–Kier alpha value is -0.440. The van der Waals surface area contributed by atoms with E-state index in [0.29, 0.717) is 28.9 Å². The SMILES string of the molecule is C=C(C)C(=O)OCC(CS)CC[C@H]1CC[C@@]2(C)[C@@H](CC[C@@H]3[C@@H]2CC[C@]2(C)[C@@H]([C@H](C)CC[C@@H](C)C(C)C)CC[C@@H]32)C1. The Morgan fingerprint density at radius 3 is 2.30 bits per heavy atom. The summed E-state index contributed by atoms with van der Waals surface area (Å²) in [6.45, 7) is 21.3. The number of carbonyl (C=O) groups excluding carboxylic acids is 1. The molecule has 11 atom stereocenters. The Labute approximate surface area is 254 Å². The van der Waals surface area contributed by atoms with Crippen molar-refractivity contribution in [2.24, 2.45) is 70.0 Å². The fourth-order valence-electron chi connectivity index (χ4n) is 10.7. The molecule has 0 aromatic heterocycles. The topological polar surface area (TPSA) is 26.3 Å². The first kappa shape index (κ1) is 32.5. The largest absolute Gasteiger partial charge is 0.462 e. The van der Waals surface area contributed by atoms with E-state index >= 15 is 0 Å². The third-order valence-electron chi connectivity index (χ3n) is 13.8. The number of fused-ring (bicyclic) bond motifs is 5. The molecule has 0 N–H and O–H groups in total. The minimum absolute atomic E-state index is 0.260. The Balaban J connectivity index is 1.32. The average Bonchev–Trinajstić information content (AvgIpc) is 3.28. The molecule has 1 unspecified atom stereocenters. The van der Waals surface area contributed by atoms with Crippen molar-refractivity contribution in [2.75, 3.05) is 12.4 Å². The maximum absolute atomic E-state index is 11.8. The van der Waals surface area contributed by atoms with Crippen LogP contribution in [0.1, 0.15) is 132 Å². The summed E-state index contributed by atoms with van der Waals surface area (Å²) in [4.78, 5) is 11.8. The molecule has 0 saturated heterocycles. The minimum atomic E-state index is -0.260. The molecule has 4 fully saturated rings. The third kappa shape index (κ3) is 6.70. The molecule has 0 spiro atoms. The third-order valence-corrected chi connectivity index (χ3v) is 14.3. The molecule has 4 aliphatic carbocycles. The monoisotopic (exact) mass is 572 g/mol. The second-order valence-electron chi connectivity index (χ2n) is 16.3. The normalized spacial score (nSPS) is 39.5. The second-order valence-corrected chi connectivity index (χ2v) is 16.7. The van der Waals surface area contributed by atoms with Gasteiger partial charge in [0.1, 0.15) is 0 Å². The molecule has 40 heavy (non-hydrogen) atoms. The molecular formula is C37H64O2S. The molecule has 4 aliphatic rings. The van der Waals surface area contributed by atoms with Crippen molar-refractivity contribution in [1.29, 1.82) is 0 Å². The molecule has 4 rings (SSSR count). The molecule has 0 bridgehead atoms. The van der Waals surface area contributed by atoms with E-state index in [0.717, 1.165) is 65.4 Å². The van der Waals surface area contributed by atoms with Crippen LogP contribution < -0.4 is 0 Å². The highest BCUT2D eigenvalue weighted by atomic mass is 32.1. The zero-order valence-corrected chi connectivity index (χ0v) is 28.2. The smallest absolute Gasteiger partial charge is 0.333 e. The zero-order valence-electron chi connectivity index (χ0n) is 27.4. The van der Waals surface area contributed by atoms with E-state index in [1.807, 2.05) is 0 Å². The minimum Gasteiger partial charge on any atom is -0.462 e. The van der Waals surface area contributed by atoms with Crippen molar-refractivity contribution >= 4 is 18.6 Å². The van der Waals surface area contributed by atoms with Gasteiger partial charge in [0.05, 0.1) is 6.61 Å². The van der Waals surface area contributed by atoms with Crippen LogP contribution in [0.15, 0.2) is 12.2 Å². The van der Waals surface area contributed by atoms with E-state index in [-0.39, 0.29) is 5.97 Å². The van der Waals surface area contributed by atoms with Gasteiger partial charge >= 0.3 is 5.97 Å². The molecule has 2 nitrogen and oxygen atoms in total. The summed E-state index contributed by atoms with van der Waals surface area (Å²) in [5, 5.41) is 0. The predicted molar refractivity (Wildman–Crippen MR) is 173 cm³/mol. The lowest BCUT2D eigenvalue weighted by Crippen LogP contribution is -2.53. The molecule has 0 aromatic rings. The van der Waals surface area contributed by atoms with Gasteiger partial charge in [-0.15, -0.1) is 0 Å². The number of esters is 1. The van der Waals surface area contributed by atoms with Crippen molar-refractivity contribution in [3.63, 3.8) is 0 Å². The van der Waals surface area contributed by atoms with Gasteiger partial charge in [-0.3, -0.25) is 0 Å². The van der Waals surface area contributed by atoms with Crippen LogP contribution in [0.3, 0.4) is 0 Å². The highest BCUT2D eigenvalue weighted by Crippen LogP contribution is 2.68. The first-order valence-electron chi connectivity index (χ1n) is 17.3. The van der Waals surface area contributed by atoms with Crippen molar-refractivity contribution in [3.8, 4) is 0 Å². The van der Waals surface area contributed by atoms with Gasteiger partial charge in [-0.2, -0.15) is 12.6 Å². The molecule has 3 heteroatoms. The zero-order chi connectivity index (χ0) is 29.2. The fraction of sp³-hybridized carbons (Fsp3) is 0.919. The van der Waals surface area contributed by atoms with Crippen LogP contribution in [0, 0.1) is 70.0 Å². The number of carbonyl (C=O) groups is 1. The molecule has 0 aromatic carbocycles. The predicted octanol–water partition coefficient (Wildman–Crippen LogP) is 10.4. The molecule has 0 amide bonds. The van der Waals surface area contributed by atoms with Crippen LogP contribution in [0.2, 0.25) is 0 Å². The fourth-order valence-corrected chi connectivity index (χ4v) is 10.9. The average molecular weight is 573 g/mol. The molecule has 0 aliphatic heterocycles. The van der Waals surface area contributed by atoms with Crippen LogP contribution in [0.5, 0.6) is 0 Å². The van der Waals surface area contributed by atoms with E-state index in [4.69, 9.17) is 4.74 Å². The summed E-state index contributed by atoms with van der Waals surface area (Å²) < 4.78 is 5.47. The first-order chi connectivity index (χ1) is 18.9. The number of thiol groups is 1. The summed E-state index contributed by atoms with van der Waals surface area (Å²) in [6.07, 6.45) is 18.5. The standard InChI is InChI=1S/C37H64O2S/c1-24(2)26(5)9-10-27(6)32-15-16-33-31-14-13-30-21-28(11-12-29(23-40)22-39-35(38)25(3)4)17-19-36(30,7)34(31)18-20-37(32,33)8/h24,26-34,40H,3,9-23H2,1-2,4-8H3/t26-,27-,28+,29?,30+,31+,32-,33+,34+,36+,37-/m1/s1. The van der Waals surface area contributed by atoms with Crippen LogP contribution in [-0.2, 0) is 9.53 Å². The van der Waals surface area contributed by atoms with Gasteiger partial charge in [0, 0.05) is 11.5 Å². The van der Waals surface area contributed by atoms with Gasteiger partial charge in [-0.25, -0.2) is 4.79 Å². The summed E-state index contributed by atoms with van der Waals surface area (Å²) in [7, 11) is 0. The molecule has 4 saturated carbocycles. The van der Waals surface area contributed by atoms with E-state index in [1.165, 1.54) is 77.0 Å². The van der Waals surface area contributed by atoms with Crippen molar-refractivity contribution in [2.45, 2.75) is 132 Å². The van der Waals surface area contributed by atoms with Gasteiger partial charge in [0.25, 0.3) is 0 Å². The maximum Gasteiger partial charge on any atom is 0.333 e. The lowest BCUT2D eigenvalue weighted by atomic mass is 9.44. The summed E-state index contributed by atoms with van der Waals surface area (Å²) in [5.74, 6) is 9.09. The van der Waals surface area contributed by atoms with Gasteiger partial charge in [0.2, 0.25) is 0 Å². The van der Waals surface area contributed by atoms with E-state index in [9.17, 15) is 4.79 Å². The van der Waals surface area contributed by atoms with Gasteiger partial charge in [-0.05, 0) is 141 Å². The van der Waals surface area contributed by atoms with E-state index < -0.39 is 0 Å². The number of hydrogen-bond acceptors (Lipinski definition) is 3. The van der Waals surface area contributed by atoms with Crippen LogP contribution in [-0.4, -0.2) is 18.3 Å². The van der Waals surface area contributed by atoms with Gasteiger partial charge in [0.15, 0.2) is 0 Å².